The highest BCUT2D eigenvalue weighted by molar-refractivity contribution is 4.67. The van der Waals surface area contributed by atoms with Gasteiger partial charge in [-0.25, -0.2) is 0 Å². The summed E-state index contributed by atoms with van der Waals surface area (Å²) in [4.78, 5) is 2.31. The summed E-state index contributed by atoms with van der Waals surface area (Å²) in [5.74, 6) is 0.563. The molecule has 0 heterocycles. The van der Waals surface area contributed by atoms with E-state index in [1.807, 2.05) is 0 Å². The molecule has 0 aromatic heterocycles. The maximum Gasteiger partial charge on any atom is 0.0474 e. The molecule has 2 N–H and O–H groups in total. The number of nitrogens with zero attached hydrogens (tertiary/aromatic N) is 1. The summed E-state index contributed by atoms with van der Waals surface area (Å²) >= 11 is 0. The minimum Gasteiger partial charge on any atom is -0.385 e. The first-order valence-electron chi connectivity index (χ1n) is 5.01. The molecular formula is C10H24N2O. The number of ether oxygens (including phenoxy) is 1. The largest absolute Gasteiger partial charge is 0.385 e. The van der Waals surface area contributed by atoms with Crippen LogP contribution in [0.4, 0.5) is 0 Å². The molecule has 0 fully saturated rings. The van der Waals surface area contributed by atoms with Crippen LogP contribution in [0.15, 0.2) is 0 Å². The number of hydrogen-bond donors (Lipinski definition) is 1. The van der Waals surface area contributed by atoms with Gasteiger partial charge in [0.25, 0.3) is 0 Å². The molecule has 0 amide bonds. The molecule has 0 aliphatic heterocycles. The maximum atomic E-state index is 5.79. The van der Waals surface area contributed by atoms with Gasteiger partial charge in [-0.3, -0.25) is 0 Å². The summed E-state index contributed by atoms with van der Waals surface area (Å²) in [6.45, 7) is 7.26. The molecule has 2 unspecified atom stereocenters. The van der Waals surface area contributed by atoms with E-state index in [2.05, 4.69) is 25.8 Å². The lowest BCUT2D eigenvalue weighted by Crippen LogP contribution is -2.34. The second-order valence-corrected chi connectivity index (χ2v) is 3.94. The highest BCUT2D eigenvalue weighted by Crippen LogP contribution is 2.02. The monoisotopic (exact) mass is 188 g/mol. The second kappa shape index (κ2) is 7.30. The zero-order chi connectivity index (χ0) is 10.3. The summed E-state index contributed by atoms with van der Waals surface area (Å²) in [7, 11) is 3.87. The van der Waals surface area contributed by atoms with Gasteiger partial charge in [0.2, 0.25) is 0 Å². The van der Waals surface area contributed by atoms with Crippen molar-refractivity contribution in [2.24, 2.45) is 11.7 Å². The van der Waals surface area contributed by atoms with Crippen LogP contribution in [0.5, 0.6) is 0 Å². The number of nitrogens with two attached hydrogens (primary N) is 1. The van der Waals surface area contributed by atoms with Crippen molar-refractivity contribution in [2.75, 3.05) is 33.9 Å². The maximum absolute atomic E-state index is 5.79. The van der Waals surface area contributed by atoms with Crippen molar-refractivity contribution < 1.29 is 4.74 Å². The molecule has 0 radical (unpaired) electrons. The van der Waals surface area contributed by atoms with Crippen molar-refractivity contribution in [2.45, 2.75) is 26.3 Å². The number of hydrogen-bond acceptors (Lipinski definition) is 3. The summed E-state index contributed by atoms with van der Waals surface area (Å²) in [6.07, 6.45) is 1.10. The first-order valence-corrected chi connectivity index (χ1v) is 5.01. The number of methoxy groups -OCH3 is 1. The Hall–Kier alpha value is -0.120. The molecule has 0 aliphatic rings. The Morgan fingerprint density at radius 3 is 2.46 bits per heavy atom. The van der Waals surface area contributed by atoms with Crippen LogP contribution in [0, 0.1) is 5.92 Å². The zero-order valence-electron chi connectivity index (χ0n) is 9.42. The molecule has 2 atom stereocenters. The molecule has 80 valence electrons. The van der Waals surface area contributed by atoms with Gasteiger partial charge in [0, 0.05) is 32.8 Å². The van der Waals surface area contributed by atoms with E-state index in [0.717, 1.165) is 26.1 Å². The van der Waals surface area contributed by atoms with Crippen LogP contribution in [-0.2, 0) is 4.74 Å². The highest BCUT2D eigenvalue weighted by atomic mass is 16.5. The van der Waals surface area contributed by atoms with Gasteiger partial charge >= 0.3 is 0 Å². The average Bonchev–Trinajstić information content (AvgIpc) is 2.04. The van der Waals surface area contributed by atoms with Crippen molar-refractivity contribution in [3.8, 4) is 0 Å². The van der Waals surface area contributed by atoms with Gasteiger partial charge < -0.3 is 15.4 Å². The minimum absolute atomic E-state index is 0.282. The molecular weight excluding hydrogens is 164 g/mol. The first-order chi connectivity index (χ1) is 6.07. The number of rotatable bonds is 7. The zero-order valence-corrected chi connectivity index (χ0v) is 9.42. The minimum atomic E-state index is 0.282. The topological polar surface area (TPSA) is 38.5 Å². The normalized spacial score (nSPS) is 16.2. The van der Waals surface area contributed by atoms with Crippen molar-refractivity contribution >= 4 is 0 Å². The molecule has 0 rings (SSSR count). The summed E-state index contributed by atoms with van der Waals surface area (Å²) in [6, 6.07) is 0.282. The van der Waals surface area contributed by atoms with Gasteiger partial charge in [-0.15, -0.1) is 0 Å². The predicted octanol–water partition coefficient (Wildman–Crippen LogP) is 0.938. The Balaban J connectivity index is 3.43. The third kappa shape index (κ3) is 6.99. The fourth-order valence-corrected chi connectivity index (χ4v) is 1.23. The van der Waals surface area contributed by atoms with Crippen LogP contribution < -0.4 is 5.73 Å². The lowest BCUT2D eigenvalue weighted by Gasteiger charge is -2.23. The molecule has 0 aromatic rings. The van der Waals surface area contributed by atoms with Crippen LogP contribution >= 0.6 is 0 Å². The second-order valence-electron chi connectivity index (χ2n) is 3.94. The SMILES string of the molecule is COCCCN(C)CC(C)C(C)N. The van der Waals surface area contributed by atoms with Crippen molar-refractivity contribution in [3.05, 3.63) is 0 Å². The van der Waals surface area contributed by atoms with E-state index in [-0.39, 0.29) is 6.04 Å². The Kier molecular flexibility index (Phi) is 7.23. The molecule has 13 heavy (non-hydrogen) atoms. The van der Waals surface area contributed by atoms with E-state index in [0.29, 0.717) is 5.92 Å². The standard InChI is InChI=1S/C10H24N2O/c1-9(10(2)11)8-12(3)6-5-7-13-4/h9-10H,5-8,11H2,1-4H3. The van der Waals surface area contributed by atoms with Gasteiger partial charge in [0.05, 0.1) is 0 Å². The summed E-state index contributed by atoms with van der Waals surface area (Å²) < 4.78 is 4.99. The van der Waals surface area contributed by atoms with Gasteiger partial charge in [-0.2, -0.15) is 0 Å². The van der Waals surface area contributed by atoms with Gasteiger partial charge in [0.1, 0.15) is 0 Å². The van der Waals surface area contributed by atoms with E-state index in [9.17, 15) is 0 Å². The van der Waals surface area contributed by atoms with Crippen molar-refractivity contribution in [1.29, 1.82) is 0 Å². The molecule has 0 saturated heterocycles. The van der Waals surface area contributed by atoms with E-state index in [1.54, 1.807) is 7.11 Å². The predicted molar refractivity (Wildman–Crippen MR) is 56.8 cm³/mol. The van der Waals surface area contributed by atoms with Crippen LogP contribution in [0.1, 0.15) is 20.3 Å². The molecule has 3 heteroatoms. The van der Waals surface area contributed by atoms with Crippen molar-refractivity contribution in [1.82, 2.24) is 4.90 Å². The molecule has 0 bridgehead atoms. The van der Waals surface area contributed by atoms with E-state index < -0.39 is 0 Å². The Bertz CT molecular complexity index is 117. The van der Waals surface area contributed by atoms with Gasteiger partial charge in [-0.05, 0) is 26.3 Å². The third-order valence-corrected chi connectivity index (χ3v) is 2.39. The van der Waals surface area contributed by atoms with Crippen molar-refractivity contribution in [3.63, 3.8) is 0 Å². The van der Waals surface area contributed by atoms with Crippen LogP contribution in [-0.4, -0.2) is 44.8 Å². The average molecular weight is 188 g/mol. The fourth-order valence-electron chi connectivity index (χ4n) is 1.23. The van der Waals surface area contributed by atoms with Gasteiger partial charge in [0.15, 0.2) is 0 Å². The van der Waals surface area contributed by atoms with E-state index >= 15 is 0 Å². The van der Waals surface area contributed by atoms with E-state index in [4.69, 9.17) is 10.5 Å². The quantitative estimate of drug-likeness (QED) is 0.604. The van der Waals surface area contributed by atoms with E-state index in [1.165, 1.54) is 0 Å². The summed E-state index contributed by atoms with van der Waals surface area (Å²) in [5, 5.41) is 0. The smallest absolute Gasteiger partial charge is 0.0474 e. The van der Waals surface area contributed by atoms with Crippen LogP contribution in [0.25, 0.3) is 0 Å². The molecule has 0 aliphatic carbocycles. The molecule has 0 spiro atoms. The lowest BCUT2D eigenvalue weighted by atomic mass is 10.0. The molecule has 0 aromatic carbocycles. The third-order valence-electron chi connectivity index (χ3n) is 2.39. The highest BCUT2D eigenvalue weighted by Gasteiger charge is 2.09. The Labute approximate surface area is 82.2 Å². The van der Waals surface area contributed by atoms with Gasteiger partial charge in [-0.1, -0.05) is 6.92 Å². The summed E-state index contributed by atoms with van der Waals surface area (Å²) in [5.41, 5.74) is 5.79. The first kappa shape index (κ1) is 12.9. The fraction of sp³-hybridized carbons (Fsp3) is 1.00. The van der Waals surface area contributed by atoms with Crippen LogP contribution in [0.2, 0.25) is 0 Å². The Morgan fingerprint density at radius 1 is 1.38 bits per heavy atom. The Morgan fingerprint density at radius 2 is 2.00 bits per heavy atom. The molecule has 3 nitrogen and oxygen atoms in total. The van der Waals surface area contributed by atoms with Crippen LogP contribution in [0.3, 0.4) is 0 Å². The lowest BCUT2D eigenvalue weighted by molar-refractivity contribution is 0.173. The molecule has 0 saturated carbocycles.